The van der Waals surface area contributed by atoms with Gasteiger partial charge in [-0.25, -0.2) is 4.79 Å². The van der Waals surface area contributed by atoms with Crippen LogP contribution in [0.5, 0.6) is 0 Å². The molecule has 0 saturated carbocycles. The number of carbonyl (C=O) groups is 1. The second-order valence-corrected chi connectivity index (χ2v) is 7.31. The number of amides is 2. The molecule has 2 aliphatic rings. The molecule has 0 radical (unpaired) electrons. The highest BCUT2D eigenvalue weighted by Gasteiger charge is 2.30. The molecule has 2 heterocycles. The van der Waals surface area contributed by atoms with Crippen LogP contribution in [0.1, 0.15) is 26.7 Å². The van der Waals surface area contributed by atoms with Gasteiger partial charge in [-0.15, -0.1) is 6.58 Å². The number of rotatable bonds is 3. The fraction of sp³-hybridized carbons (Fsp3) is 0.800. The molecule has 114 valence electrons. The number of nitrogens with one attached hydrogen (secondary N) is 1. The maximum atomic E-state index is 12.4. The van der Waals surface area contributed by atoms with Gasteiger partial charge in [0.05, 0.1) is 0 Å². The van der Waals surface area contributed by atoms with E-state index in [4.69, 9.17) is 0 Å². The quantitative estimate of drug-likeness (QED) is 0.811. The Morgan fingerprint density at radius 1 is 1.35 bits per heavy atom. The van der Waals surface area contributed by atoms with Gasteiger partial charge in [-0.05, 0) is 19.8 Å². The third-order valence-electron chi connectivity index (χ3n) is 4.45. The summed E-state index contributed by atoms with van der Waals surface area (Å²) < 4.78 is 0. The van der Waals surface area contributed by atoms with Crippen molar-refractivity contribution in [2.75, 3.05) is 31.9 Å². The average Bonchev–Trinajstić information content (AvgIpc) is 2.44. The minimum absolute atomic E-state index is 0.131. The SMILES string of the molecule is C=CCN1CCC(NC(=O)N2CCSC(C)C2C)CC1. The Balaban J connectivity index is 1.79. The number of piperidine rings is 1. The van der Waals surface area contributed by atoms with Crippen molar-refractivity contribution in [1.82, 2.24) is 15.1 Å². The third-order valence-corrected chi connectivity index (χ3v) is 5.79. The highest BCUT2D eigenvalue weighted by atomic mass is 32.2. The Morgan fingerprint density at radius 2 is 2.05 bits per heavy atom. The smallest absolute Gasteiger partial charge is 0.317 e. The summed E-state index contributed by atoms with van der Waals surface area (Å²) in [6, 6.07) is 0.794. The summed E-state index contributed by atoms with van der Waals surface area (Å²) in [5.74, 6) is 1.05. The van der Waals surface area contributed by atoms with Crippen LogP contribution < -0.4 is 5.32 Å². The van der Waals surface area contributed by atoms with Crippen LogP contribution in [0.3, 0.4) is 0 Å². The lowest BCUT2D eigenvalue weighted by Gasteiger charge is -2.39. The van der Waals surface area contributed by atoms with Crippen LogP contribution in [-0.4, -0.2) is 65.1 Å². The number of urea groups is 1. The topological polar surface area (TPSA) is 35.6 Å². The molecule has 5 heteroatoms. The molecule has 4 nitrogen and oxygen atoms in total. The second kappa shape index (κ2) is 7.36. The summed E-state index contributed by atoms with van der Waals surface area (Å²) in [6.45, 7) is 12.1. The molecule has 0 aromatic rings. The minimum Gasteiger partial charge on any atom is -0.335 e. The number of nitrogens with zero attached hydrogens (tertiary/aromatic N) is 2. The van der Waals surface area contributed by atoms with Crippen molar-refractivity contribution in [2.45, 2.75) is 44.0 Å². The van der Waals surface area contributed by atoms with Crippen molar-refractivity contribution >= 4 is 17.8 Å². The predicted octanol–water partition coefficient (Wildman–Crippen LogP) is 2.17. The third kappa shape index (κ3) is 3.92. The summed E-state index contributed by atoms with van der Waals surface area (Å²) in [5, 5.41) is 3.76. The van der Waals surface area contributed by atoms with Crippen LogP contribution in [0.2, 0.25) is 0 Å². The highest BCUT2D eigenvalue weighted by Crippen LogP contribution is 2.24. The van der Waals surface area contributed by atoms with Crippen molar-refractivity contribution in [3.05, 3.63) is 12.7 Å². The number of hydrogen-bond donors (Lipinski definition) is 1. The van der Waals surface area contributed by atoms with Crippen molar-refractivity contribution in [3.8, 4) is 0 Å². The molecular formula is C15H27N3OS. The van der Waals surface area contributed by atoms with Gasteiger partial charge in [0, 0.05) is 49.3 Å². The lowest BCUT2D eigenvalue weighted by molar-refractivity contribution is 0.164. The van der Waals surface area contributed by atoms with Gasteiger partial charge in [-0.3, -0.25) is 4.90 Å². The maximum Gasteiger partial charge on any atom is 0.317 e. The van der Waals surface area contributed by atoms with E-state index in [0.29, 0.717) is 17.3 Å². The molecule has 0 spiro atoms. The summed E-state index contributed by atoms with van der Waals surface area (Å²) in [7, 11) is 0. The Morgan fingerprint density at radius 3 is 2.70 bits per heavy atom. The van der Waals surface area contributed by atoms with E-state index in [-0.39, 0.29) is 6.03 Å². The Labute approximate surface area is 127 Å². The molecule has 0 aromatic heterocycles. The monoisotopic (exact) mass is 297 g/mol. The zero-order valence-corrected chi connectivity index (χ0v) is 13.5. The number of hydrogen-bond acceptors (Lipinski definition) is 3. The molecule has 2 amide bonds. The first-order valence-electron chi connectivity index (χ1n) is 7.63. The van der Waals surface area contributed by atoms with Crippen LogP contribution in [0.4, 0.5) is 4.79 Å². The number of likely N-dealkylation sites (tertiary alicyclic amines) is 1. The van der Waals surface area contributed by atoms with E-state index in [1.807, 2.05) is 22.7 Å². The largest absolute Gasteiger partial charge is 0.335 e. The first kappa shape index (κ1) is 15.7. The zero-order chi connectivity index (χ0) is 14.5. The van der Waals surface area contributed by atoms with E-state index in [2.05, 4.69) is 30.6 Å². The normalized spacial score (nSPS) is 29.2. The molecule has 2 saturated heterocycles. The average molecular weight is 297 g/mol. The van der Waals surface area contributed by atoms with Gasteiger partial charge in [0.15, 0.2) is 0 Å². The maximum absolute atomic E-state index is 12.4. The molecule has 2 rings (SSSR count). The predicted molar refractivity (Wildman–Crippen MR) is 86.3 cm³/mol. The summed E-state index contributed by atoms with van der Waals surface area (Å²) in [5.41, 5.74) is 0. The second-order valence-electron chi connectivity index (χ2n) is 5.82. The van der Waals surface area contributed by atoms with E-state index >= 15 is 0 Å². The minimum atomic E-state index is 0.131. The van der Waals surface area contributed by atoms with Crippen LogP contribution in [-0.2, 0) is 0 Å². The van der Waals surface area contributed by atoms with Crippen molar-refractivity contribution in [3.63, 3.8) is 0 Å². The van der Waals surface area contributed by atoms with Crippen molar-refractivity contribution in [2.24, 2.45) is 0 Å². The fourth-order valence-corrected chi connectivity index (χ4v) is 4.02. The molecule has 2 aliphatic heterocycles. The zero-order valence-electron chi connectivity index (χ0n) is 12.7. The molecule has 2 atom stereocenters. The van der Waals surface area contributed by atoms with E-state index in [0.717, 1.165) is 44.8 Å². The lowest BCUT2D eigenvalue weighted by atomic mass is 10.1. The Hall–Kier alpha value is -0.680. The van der Waals surface area contributed by atoms with Crippen LogP contribution >= 0.6 is 11.8 Å². The van der Waals surface area contributed by atoms with Gasteiger partial charge in [-0.2, -0.15) is 11.8 Å². The van der Waals surface area contributed by atoms with Gasteiger partial charge in [0.2, 0.25) is 0 Å². The standard InChI is InChI=1S/C15H27N3OS/c1-4-7-17-8-5-14(6-9-17)16-15(19)18-10-11-20-13(3)12(18)2/h4,12-14H,1,5-11H2,2-3H3,(H,16,19). The lowest BCUT2D eigenvalue weighted by Crippen LogP contribution is -2.55. The summed E-state index contributed by atoms with van der Waals surface area (Å²) >= 11 is 1.96. The van der Waals surface area contributed by atoms with Crippen LogP contribution in [0.25, 0.3) is 0 Å². The van der Waals surface area contributed by atoms with Crippen LogP contribution in [0.15, 0.2) is 12.7 Å². The van der Waals surface area contributed by atoms with Crippen molar-refractivity contribution in [1.29, 1.82) is 0 Å². The first-order chi connectivity index (χ1) is 9.61. The number of carbonyl (C=O) groups excluding carboxylic acids is 1. The molecule has 0 bridgehead atoms. The van der Waals surface area contributed by atoms with E-state index < -0.39 is 0 Å². The number of thioether (sulfide) groups is 1. The molecule has 2 unspecified atom stereocenters. The molecule has 0 aromatic carbocycles. The van der Waals surface area contributed by atoms with Gasteiger partial charge in [-0.1, -0.05) is 13.0 Å². The van der Waals surface area contributed by atoms with E-state index in [1.54, 1.807) is 0 Å². The fourth-order valence-electron chi connectivity index (χ4n) is 2.92. The van der Waals surface area contributed by atoms with Crippen LogP contribution in [0, 0.1) is 0 Å². The molecular weight excluding hydrogens is 270 g/mol. The van der Waals surface area contributed by atoms with Gasteiger partial charge in [0.25, 0.3) is 0 Å². The van der Waals surface area contributed by atoms with Gasteiger partial charge >= 0.3 is 6.03 Å². The van der Waals surface area contributed by atoms with Crippen molar-refractivity contribution < 1.29 is 4.79 Å². The highest BCUT2D eigenvalue weighted by molar-refractivity contribution is 8.00. The molecule has 0 aliphatic carbocycles. The summed E-state index contributed by atoms with van der Waals surface area (Å²) in [6.07, 6.45) is 4.05. The summed E-state index contributed by atoms with van der Waals surface area (Å²) in [4.78, 5) is 16.8. The van der Waals surface area contributed by atoms with E-state index in [1.165, 1.54) is 0 Å². The van der Waals surface area contributed by atoms with E-state index in [9.17, 15) is 4.79 Å². The van der Waals surface area contributed by atoms with Gasteiger partial charge < -0.3 is 10.2 Å². The molecule has 1 N–H and O–H groups in total. The van der Waals surface area contributed by atoms with Gasteiger partial charge in [0.1, 0.15) is 0 Å². The Kier molecular flexibility index (Phi) is 5.78. The molecule has 20 heavy (non-hydrogen) atoms. The Bertz CT molecular complexity index is 342. The molecule has 2 fully saturated rings. The first-order valence-corrected chi connectivity index (χ1v) is 8.68.